The molecule has 2 rings (SSSR count). The van der Waals surface area contributed by atoms with Crippen molar-refractivity contribution in [2.75, 3.05) is 7.11 Å². The first kappa shape index (κ1) is 16.0. The molecule has 0 radical (unpaired) electrons. The van der Waals surface area contributed by atoms with Crippen molar-refractivity contribution in [2.24, 2.45) is 5.41 Å². The predicted octanol–water partition coefficient (Wildman–Crippen LogP) is 2.68. The van der Waals surface area contributed by atoms with Crippen LogP contribution in [-0.2, 0) is 24.7 Å². The monoisotopic (exact) mass is 301 g/mol. The van der Waals surface area contributed by atoms with Gasteiger partial charge in [-0.15, -0.1) is 0 Å². The number of methoxy groups -OCH3 is 1. The average molecular weight is 301 g/mol. The van der Waals surface area contributed by atoms with Gasteiger partial charge in [-0.05, 0) is 31.0 Å². The second-order valence-electron chi connectivity index (χ2n) is 5.70. The van der Waals surface area contributed by atoms with Gasteiger partial charge in [0.2, 0.25) is 0 Å². The van der Waals surface area contributed by atoms with E-state index in [1.165, 1.54) is 7.11 Å². The molecule has 1 aromatic carbocycles. The Morgan fingerprint density at radius 3 is 2.55 bits per heavy atom. The smallest absolute Gasteiger partial charge is 0.316 e. The van der Waals surface area contributed by atoms with E-state index in [4.69, 9.17) is 14.7 Å². The van der Waals surface area contributed by atoms with Crippen molar-refractivity contribution in [1.29, 1.82) is 5.26 Å². The molecule has 1 aromatic rings. The van der Waals surface area contributed by atoms with Crippen LogP contribution >= 0.6 is 0 Å². The molecular formula is C17H19NO4. The van der Waals surface area contributed by atoms with Gasteiger partial charge in [-0.1, -0.05) is 25.5 Å². The molecule has 1 fully saturated rings. The number of hydrogen-bond donors (Lipinski definition) is 0. The number of nitrogens with zero attached hydrogens (tertiary/aromatic N) is 1. The number of rotatable bonds is 4. The molecule has 5 heteroatoms. The largest absolute Gasteiger partial charge is 0.468 e. The number of carbonyl (C=O) groups excluding carboxylic acids is 2. The fourth-order valence-electron chi connectivity index (χ4n) is 3.29. The van der Waals surface area contributed by atoms with Crippen molar-refractivity contribution < 1.29 is 19.1 Å². The zero-order valence-electron chi connectivity index (χ0n) is 13.0. The molecule has 116 valence electrons. The SMILES string of the molecule is CCCC1(C(=O)OC)CC(=O)OC1(C)c1ccc(C#N)cc1. The van der Waals surface area contributed by atoms with Crippen LogP contribution < -0.4 is 0 Å². The molecule has 1 heterocycles. The molecule has 0 bridgehead atoms. The molecule has 0 aliphatic carbocycles. The summed E-state index contributed by atoms with van der Waals surface area (Å²) in [5.74, 6) is -0.849. The first-order valence-corrected chi connectivity index (χ1v) is 7.24. The third kappa shape index (κ3) is 2.25. The number of cyclic esters (lactones) is 1. The van der Waals surface area contributed by atoms with E-state index >= 15 is 0 Å². The summed E-state index contributed by atoms with van der Waals surface area (Å²) in [5, 5.41) is 8.90. The van der Waals surface area contributed by atoms with E-state index in [9.17, 15) is 9.59 Å². The van der Waals surface area contributed by atoms with Gasteiger partial charge in [-0.2, -0.15) is 5.26 Å². The Labute approximate surface area is 129 Å². The molecule has 1 saturated heterocycles. The van der Waals surface area contributed by atoms with E-state index in [1.54, 1.807) is 31.2 Å². The Kier molecular flexibility index (Phi) is 4.23. The topological polar surface area (TPSA) is 76.4 Å². The summed E-state index contributed by atoms with van der Waals surface area (Å²) in [5.41, 5.74) is -0.935. The Balaban J connectivity index is 2.58. The zero-order valence-corrected chi connectivity index (χ0v) is 13.0. The van der Waals surface area contributed by atoms with E-state index in [2.05, 4.69) is 0 Å². The number of benzene rings is 1. The number of ether oxygens (including phenoxy) is 2. The van der Waals surface area contributed by atoms with Gasteiger partial charge in [0.25, 0.3) is 0 Å². The number of nitriles is 1. The predicted molar refractivity (Wildman–Crippen MR) is 78.6 cm³/mol. The number of carbonyl (C=O) groups is 2. The maximum Gasteiger partial charge on any atom is 0.316 e. The van der Waals surface area contributed by atoms with Gasteiger partial charge < -0.3 is 9.47 Å². The molecule has 0 saturated carbocycles. The van der Waals surface area contributed by atoms with Crippen molar-refractivity contribution in [3.63, 3.8) is 0 Å². The van der Waals surface area contributed by atoms with Gasteiger partial charge in [-0.25, -0.2) is 0 Å². The lowest BCUT2D eigenvalue weighted by atomic mass is 9.66. The molecule has 2 unspecified atom stereocenters. The van der Waals surface area contributed by atoms with E-state index in [0.29, 0.717) is 17.5 Å². The quantitative estimate of drug-likeness (QED) is 0.799. The highest BCUT2D eigenvalue weighted by Gasteiger charge is 2.63. The van der Waals surface area contributed by atoms with Gasteiger partial charge in [0, 0.05) is 0 Å². The summed E-state index contributed by atoms with van der Waals surface area (Å²) in [6.45, 7) is 3.69. The molecule has 22 heavy (non-hydrogen) atoms. The fraction of sp³-hybridized carbons (Fsp3) is 0.471. The lowest BCUT2D eigenvalue weighted by molar-refractivity contribution is -0.168. The van der Waals surface area contributed by atoms with Crippen LogP contribution in [0.1, 0.15) is 44.2 Å². The highest BCUT2D eigenvalue weighted by Crippen LogP contribution is 2.54. The number of esters is 2. The second-order valence-corrected chi connectivity index (χ2v) is 5.70. The Morgan fingerprint density at radius 1 is 1.41 bits per heavy atom. The molecule has 1 aliphatic rings. The molecule has 0 amide bonds. The van der Waals surface area contributed by atoms with Gasteiger partial charge in [-0.3, -0.25) is 9.59 Å². The van der Waals surface area contributed by atoms with E-state index in [0.717, 1.165) is 6.42 Å². The summed E-state index contributed by atoms with van der Waals surface area (Å²) in [6, 6.07) is 8.81. The van der Waals surface area contributed by atoms with Gasteiger partial charge >= 0.3 is 11.9 Å². The average Bonchev–Trinajstić information content (AvgIpc) is 2.79. The standard InChI is InChI=1S/C17H19NO4/c1-4-9-17(15(20)21-3)10-14(19)22-16(17,2)13-7-5-12(11-18)6-8-13/h5-8H,4,9-10H2,1-3H3. The fourth-order valence-corrected chi connectivity index (χ4v) is 3.29. The van der Waals surface area contributed by atoms with Crippen LogP contribution in [-0.4, -0.2) is 19.0 Å². The minimum Gasteiger partial charge on any atom is -0.468 e. The van der Waals surface area contributed by atoms with E-state index in [-0.39, 0.29) is 6.42 Å². The van der Waals surface area contributed by atoms with Crippen LogP contribution in [0.2, 0.25) is 0 Å². The van der Waals surface area contributed by atoms with E-state index in [1.807, 2.05) is 13.0 Å². The Bertz CT molecular complexity index is 631. The highest BCUT2D eigenvalue weighted by atomic mass is 16.6. The van der Waals surface area contributed by atoms with Crippen LogP contribution in [0.5, 0.6) is 0 Å². The summed E-state index contributed by atoms with van der Waals surface area (Å²) in [7, 11) is 1.32. The number of hydrogen-bond acceptors (Lipinski definition) is 5. The molecule has 0 spiro atoms. The molecule has 0 aromatic heterocycles. The van der Waals surface area contributed by atoms with Crippen LogP contribution in [0.3, 0.4) is 0 Å². The minimum absolute atomic E-state index is 0.00398. The minimum atomic E-state index is -1.10. The van der Waals surface area contributed by atoms with Crippen molar-refractivity contribution in [1.82, 2.24) is 0 Å². The summed E-state index contributed by atoms with van der Waals surface area (Å²) < 4.78 is 10.6. The van der Waals surface area contributed by atoms with E-state index < -0.39 is 23.0 Å². The van der Waals surface area contributed by atoms with Crippen LogP contribution in [0.15, 0.2) is 24.3 Å². The first-order chi connectivity index (χ1) is 10.4. The van der Waals surface area contributed by atoms with Gasteiger partial charge in [0.1, 0.15) is 5.41 Å². The van der Waals surface area contributed by atoms with Crippen LogP contribution in [0, 0.1) is 16.7 Å². The van der Waals surface area contributed by atoms with Crippen molar-refractivity contribution >= 4 is 11.9 Å². The lowest BCUT2D eigenvalue weighted by Crippen LogP contribution is -2.46. The summed E-state index contributed by atoms with van der Waals surface area (Å²) >= 11 is 0. The third-order valence-corrected chi connectivity index (χ3v) is 4.50. The summed E-state index contributed by atoms with van der Waals surface area (Å²) in [4.78, 5) is 24.5. The maximum absolute atomic E-state index is 12.5. The second kappa shape index (κ2) is 5.80. The van der Waals surface area contributed by atoms with Gasteiger partial charge in [0.05, 0.1) is 25.2 Å². The van der Waals surface area contributed by atoms with Crippen molar-refractivity contribution in [3.8, 4) is 6.07 Å². The lowest BCUT2D eigenvalue weighted by Gasteiger charge is -2.39. The van der Waals surface area contributed by atoms with Gasteiger partial charge in [0.15, 0.2) is 5.60 Å². The normalized spacial score (nSPS) is 27.1. The van der Waals surface area contributed by atoms with Crippen LogP contribution in [0.4, 0.5) is 0 Å². The zero-order chi connectivity index (χ0) is 16.4. The molecule has 0 N–H and O–H groups in total. The highest BCUT2D eigenvalue weighted by molar-refractivity contribution is 5.88. The molecule has 2 atom stereocenters. The maximum atomic E-state index is 12.5. The first-order valence-electron chi connectivity index (χ1n) is 7.24. The summed E-state index contributed by atoms with van der Waals surface area (Å²) in [6.07, 6.45) is 1.21. The van der Waals surface area contributed by atoms with Crippen molar-refractivity contribution in [2.45, 2.75) is 38.7 Å². The van der Waals surface area contributed by atoms with Crippen molar-refractivity contribution in [3.05, 3.63) is 35.4 Å². The Morgan fingerprint density at radius 2 is 2.05 bits per heavy atom. The molecular weight excluding hydrogens is 282 g/mol. The molecule has 1 aliphatic heterocycles. The third-order valence-electron chi connectivity index (χ3n) is 4.50. The Hall–Kier alpha value is -2.35. The van der Waals surface area contributed by atoms with Crippen LogP contribution in [0.25, 0.3) is 0 Å². The molecule has 5 nitrogen and oxygen atoms in total.